The van der Waals surface area contributed by atoms with E-state index in [9.17, 15) is 22.8 Å². The first kappa shape index (κ1) is 17.9. The van der Waals surface area contributed by atoms with Crippen molar-refractivity contribution in [2.75, 3.05) is 12.8 Å². The number of ether oxygens (including phenoxy) is 1. The Hall–Kier alpha value is -2.88. The SMILES string of the molecule is COC(=O)c1nn(-c2cccc(C(F)(F)F)c2)c(=O)c2c(N)sc(C)c12. The fourth-order valence-corrected chi connectivity index (χ4v) is 3.52. The van der Waals surface area contributed by atoms with Crippen LogP contribution in [0.2, 0.25) is 0 Å². The molecule has 0 saturated heterocycles. The summed E-state index contributed by atoms with van der Waals surface area (Å²) in [6, 6.07) is 4.08. The average Bonchev–Trinajstić information content (AvgIpc) is 2.89. The maximum atomic E-state index is 13.0. The lowest BCUT2D eigenvalue weighted by molar-refractivity contribution is -0.137. The van der Waals surface area contributed by atoms with Crippen molar-refractivity contribution >= 4 is 33.1 Å². The van der Waals surface area contributed by atoms with Crippen molar-refractivity contribution in [3.63, 3.8) is 0 Å². The van der Waals surface area contributed by atoms with Crippen LogP contribution in [0.1, 0.15) is 20.9 Å². The Balaban J connectivity index is 2.38. The molecule has 0 bridgehead atoms. The molecule has 3 aromatic rings. The summed E-state index contributed by atoms with van der Waals surface area (Å²) in [7, 11) is 1.14. The molecule has 2 heterocycles. The van der Waals surface area contributed by atoms with Gasteiger partial charge in [0.05, 0.1) is 28.7 Å². The van der Waals surface area contributed by atoms with Gasteiger partial charge in [0.2, 0.25) is 0 Å². The maximum absolute atomic E-state index is 13.0. The Morgan fingerprint density at radius 2 is 2.00 bits per heavy atom. The molecule has 0 atom stereocenters. The molecule has 0 radical (unpaired) electrons. The molecule has 6 nitrogen and oxygen atoms in total. The summed E-state index contributed by atoms with van der Waals surface area (Å²) in [4.78, 5) is 25.5. The zero-order valence-electron chi connectivity index (χ0n) is 13.5. The van der Waals surface area contributed by atoms with Gasteiger partial charge in [-0.1, -0.05) is 6.07 Å². The van der Waals surface area contributed by atoms with E-state index in [1.165, 1.54) is 6.07 Å². The second kappa shape index (κ2) is 6.13. The van der Waals surface area contributed by atoms with E-state index in [0.29, 0.717) is 4.88 Å². The fourth-order valence-electron chi connectivity index (χ4n) is 2.59. The van der Waals surface area contributed by atoms with Crippen molar-refractivity contribution in [3.8, 4) is 5.69 Å². The summed E-state index contributed by atoms with van der Waals surface area (Å²) in [5.74, 6) is -0.823. The molecule has 26 heavy (non-hydrogen) atoms. The third-order valence-corrected chi connectivity index (χ3v) is 4.69. The number of alkyl halides is 3. The fraction of sp³-hybridized carbons (Fsp3) is 0.188. The molecule has 136 valence electrons. The van der Waals surface area contributed by atoms with Crippen LogP contribution in [-0.2, 0) is 10.9 Å². The topological polar surface area (TPSA) is 87.2 Å². The number of hydrogen-bond acceptors (Lipinski definition) is 6. The van der Waals surface area contributed by atoms with Crippen LogP contribution in [0.3, 0.4) is 0 Å². The van der Waals surface area contributed by atoms with E-state index in [1.54, 1.807) is 6.92 Å². The quantitative estimate of drug-likeness (QED) is 0.687. The van der Waals surface area contributed by atoms with E-state index < -0.39 is 23.3 Å². The Bertz CT molecular complexity index is 1090. The molecule has 0 saturated carbocycles. The average molecular weight is 383 g/mol. The molecule has 0 amide bonds. The van der Waals surface area contributed by atoms with Gasteiger partial charge in [-0.15, -0.1) is 11.3 Å². The van der Waals surface area contributed by atoms with Crippen LogP contribution < -0.4 is 11.3 Å². The van der Waals surface area contributed by atoms with Gasteiger partial charge in [0.1, 0.15) is 0 Å². The Morgan fingerprint density at radius 1 is 1.31 bits per heavy atom. The predicted octanol–water partition coefficient (Wildman–Crippen LogP) is 3.14. The Kier molecular flexibility index (Phi) is 4.23. The second-order valence-corrected chi connectivity index (χ2v) is 6.63. The molecule has 0 unspecified atom stereocenters. The Morgan fingerprint density at radius 3 is 2.62 bits per heavy atom. The van der Waals surface area contributed by atoms with Gasteiger partial charge in [0.25, 0.3) is 5.56 Å². The highest BCUT2D eigenvalue weighted by Crippen LogP contribution is 2.33. The smallest absolute Gasteiger partial charge is 0.416 e. The maximum Gasteiger partial charge on any atom is 0.416 e. The number of fused-ring (bicyclic) bond motifs is 1. The number of aromatic nitrogens is 2. The van der Waals surface area contributed by atoms with Gasteiger partial charge in [-0.2, -0.15) is 23.0 Å². The molecule has 0 aliphatic rings. The first-order valence-electron chi connectivity index (χ1n) is 7.23. The number of nitrogens with zero attached hydrogens (tertiary/aromatic N) is 2. The van der Waals surface area contributed by atoms with Gasteiger partial charge >= 0.3 is 12.1 Å². The number of rotatable bonds is 2. The van der Waals surface area contributed by atoms with Crippen molar-refractivity contribution in [3.05, 3.63) is 50.8 Å². The summed E-state index contributed by atoms with van der Waals surface area (Å²) in [5, 5.41) is 4.37. The summed E-state index contributed by atoms with van der Waals surface area (Å²) in [5.41, 5.74) is 3.89. The second-order valence-electron chi connectivity index (χ2n) is 5.38. The van der Waals surface area contributed by atoms with Gasteiger partial charge in [0, 0.05) is 10.3 Å². The van der Waals surface area contributed by atoms with Crippen LogP contribution in [0.4, 0.5) is 18.2 Å². The molecule has 3 rings (SSSR count). The lowest BCUT2D eigenvalue weighted by Gasteiger charge is -2.11. The number of nitrogens with two attached hydrogens (primary N) is 1. The van der Waals surface area contributed by atoms with Crippen LogP contribution in [0.25, 0.3) is 16.5 Å². The first-order chi connectivity index (χ1) is 12.1. The van der Waals surface area contributed by atoms with Gasteiger partial charge in [-0.25, -0.2) is 4.79 Å². The largest absolute Gasteiger partial charge is 0.464 e. The molecule has 0 spiro atoms. The Labute approximate surface area is 148 Å². The summed E-state index contributed by atoms with van der Waals surface area (Å²) >= 11 is 1.09. The number of nitrogen functional groups attached to an aromatic ring is 1. The van der Waals surface area contributed by atoms with Crippen molar-refractivity contribution in [1.29, 1.82) is 0 Å². The molecule has 10 heteroatoms. The van der Waals surface area contributed by atoms with E-state index in [2.05, 4.69) is 9.84 Å². The standard InChI is InChI=1S/C16H12F3N3O3S/c1-7-10-11(13(20)26-7)14(23)22(21-12(10)15(24)25-2)9-5-3-4-8(6-9)16(17,18)19/h3-6H,20H2,1-2H3. The van der Waals surface area contributed by atoms with Crippen LogP contribution in [-0.4, -0.2) is 22.9 Å². The molecule has 0 fully saturated rings. The van der Waals surface area contributed by atoms with E-state index in [4.69, 9.17) is 5.73 Å². The summed E-state index contributed by atoms with van der Waals surface area (Å²) in [6.07, 6.45) is -4.59. The monoisotopic (exact) mass is 383 g/mol. The number of methoxy groups -OCH3 is 1. The van der Waals surface area contributed by atoms with Crippen molar-refractivity contribution < 1.29 is 22.7 Å². The zero-order valence-corrected chi connectivity index (χ0v) is 14.4. The van der Waals surface area contributed by atoms with Crippen LogP contribution in [0.15, 0.2) is 29.1 Å². The number of hydrogen-bond donors (Lipinski definition) is 1. The van der Waals surface area contributed by atoms with Gasteiger partial charge in [-0.05, 0) is 25.1 Å². The third kappa shape index (κ3) is 2.81. The van der Waals surface area contributed by atoms with Crippen molar-refractivity contribution in [1.82, 2.24) is 9.78 Å². The molecule has 2 N–H and O–H groups in total. The number of anilines is 1. The van der Waals surface area contributed by atoms with Crippen LogP contribution in [0.5, 0.6) is 0 Å². The highest BCUT2D eigenvalue weighted by Gasteiger charge is 2.31. The number of halogens is 3. The number of carbonyl (C=O) groups excluding carboxylic acids is 1. The molecular weight excluding hydrogens is 371 g/mol. The summed E-state index contributed by atoms with van der Waals surface area (Å²) < 4.78 is 44.3. The lowest BCUT2D eigenvalue weighted by atomic mass is 10.1. The highest BCUT2D eigenvalue weighted by molar-refractivity contribution is 7.17. The van der Waals surface area contributed by atoms with E-state index >= 15 is 0 Å². The van der Waals surface area contributed by atoms with Gasteiger partial charge in [0.15, 0.2) is 5.69 Å². The minimum absolute atomic E-state index is 0.0281. The minimum atomic E-state index is -4.59. The van der Waals surface area contributed by atoms with E-state index in [1.807, 2.05) is 0 Å². The molecule has 0 aliphatic carbocycles. The van der Waals surface area contributed by atoms with Crippen molar-refractivity contribution in [2.24, 2.45) is 0 Å². The minimum Gasteiger partial charge on any atom is -0.464 e. The van der Waals surface area contributed by atoms with Crippen LogP contribution >= 0.6 is 11.3 Å². The van der Waals surface area contributed by atoms with Crippen molar-refractivity contribution in [2.45, 2.75) is 13.1 Å². The zero-order chi connectivity index (χ0) is 19.2. The number of carbonyl (C=O) groups is 1. The number of thiophene rings is 1. The van der Waals surface area contributed by atoms with Gasteiger partial charge in [-0.3, -0.25) is 4.79 Å². The summed E-state index contributed by atoms with van der Waals surface area (Å²) in [6.45, 7) is 1.66. The molecule has 0 aliphatic heterocycles. The molecule has 2 aromatic heterocycles. The molecular formula is C16H12F3N3O3S. The number of esters is 1. The van der Waals surface area contributed by atoms with Crippen LogP contribution in [0, 0.1) is 6.92 Å². The molecule has 1 aromatic carbocycles. The van der Waals surface area contributed by atoms with E-state index in [0.717, 1.165) is 41.3 Å². The van der Waals surface area contributed by atoms with E-state index in [-0.39, 0.29) is 27.2 Å². The lowest BCUT2D eigenvalue weighted by Crippen LogP contribution is -2.25. The third-order valence-electron chi connectivity index (χ3n) is 3.75. The number of aryl methyl sites for hydroxylation is 1. The predicted molar refractivity (Wildman–Crippen MR) is 90.7 cm³/mol. The number of benzene rings is 1. The first-order valence-corrected chi connectivity index (χ1v) is 8.04. The highest BCUT2D eigenvalue weighted by atomic mass is 32.1. The normalized spacial score (nSPS) is 11.7. The van der Waals surface area contributed by atoms with Gasteiger partial charge < -0.3 is 10.5 Å².